The highest BCUT2D eigenvalue weighted by atomic mass is 32.2. The summed E-state index contributed by atoms with van der Waals surface area (Å²) < 4.78 is 32.9. The number of rotatable bonds is 6. The first-order valence-electron chi connectivity index (χ1n) is 9.24. The number of benzene rings is 2. The molecular formula is C20H23N3O6S. The van der Waals surface area contributed by atoms with Gasteiger partial charge in [0, 0.05) is 18.8 Å². The molecule has 30 heavy (non-hydrogen) atoms. The van der Waals surface area contributed by atoms with Crippen LogP contribution in [0.4, 0.5) is 11.4 Å². The molecule has 0 bridgehead atoms. The van der Waals surface area contributed by atoms with Crippen LogP contribution in [0.25, 0.3) is 0 Å². The molecule has 1 heterocycles. The topological polar surface area (TPSA) is 128 Å². The molecule has 1 amide bonds. The summed E-state index contributed by atoms with van der Waals surface area (Å²) in [5.74, 6) is -0.916. The van der Waals surface area contributed by atoms with Crippen LogP contribution in [-0.4, -0.2) is 53.7 Å². The second kappa shape index (κ2) is 9.24. The number of hydrogen-bond acceptors (Lipinski definition) is 7. The van der Waals surface area contributed by atoms with Crippen molar-refractivity contribution in [2.24, 2.45) is 5.14 Å². The van der Waals surface area contributed by atoms with Gasteiger partial charge in [0.15, 0.2) is 0 Å². The highest BCUT2D eigenvalue weighted by Gasteiger charge is 2.19. The third-order valence-electron chi connectivity index (χ3n) is 4.68. The Hall–Kier alpha value is -2.95. The molecule has 1 fully saturated rings. The zero-order valence-electron chi connectivity index (χ0n) is 16.5. The van der Waals surface area contributed by atoms with Gasteiger partial charge in [-0.05, 0) is 35.9 Å². The van der Waals surface area contributed by atoms with E-state index in [0.29, 0.717) is 37.6 Å². The van der Waals surface area contributed by atoms with Crippen LogP contribution in [0.1, 0.15) is 15.9 Å². The van der Waals surface area contributed by atoms with E-state index in [4.69, 9.17) is 14.6 Å². The Morgan fingerprint density at radius 3 is 2.40 bits per heavy atom. The summed E-state index contributed by atoms with van der Waals surface area (Å²) in [6.07, 6.45) is -0.00325. The van der Waals surface area contributed by atoms with Gasteiger partial charge in [0.1, 0.15) is 0 Å². The molecule has 2 aromatic rings. The molecule has 0 saturated carbocycles. The zero-order chi connectivity index (χ0) is 21.7. The van der Waals surface area contributed by atoms with Gasteiger partial charge in [-0.2, -0.15) is 0 Å². The molecule has 0 unspecified atom stereocenters. The Kier molecular flexibility index (Phi) is 6.70. The maximum atomic E-state index is 12.5. The van der Waals surface area contributed by atoms with Crippen molar-refractivity contribution in [2.45, 2.75) is 11.3 Å². The lowest BCUT2D eigenvalue weighted by Crippen LogP contribution is -2.36. The van der Waals surface area contributed by atoms with Crippen LogP contribution in [0, 0.1) is 0 Å². The highest BCUT2D eigenvalue weighted by molar-refractivity contribution is 7.89. The number of morpholine rings is 1. The van der Waals surface area contributed by atoms with Gasteiger partial charge >= 0.3 is 5.97 Å². The minimum Gasteiger partial charge on any atom is -0.465 e. The van der Waals surface area contributed by atoms with Gasteiger partial charge in [-0.3, -0.25) is 4.79 Å². The van der Waals surface area contributed by atoms with Crippen LogP contribution in [0.5, 0.6) is 0 Å². The predicted molar refractivity (Wildman–Crippen MR) is 111 cm³/mol. The fourth-order valence-electron chi connectivity index (χ4n) is 3.12. The standard InChI is InChI=1S/C20H23N3O6S/c1-28-20(25)17-13-15(23-8-10-29-11-9-23)4-7-18(17)22-19(24)12-14-2-5-16(6-3-14)30(21,26)27/h2-7,13H,8-12H2,1H3,(H,22,24)(H2,21,26,27). The number of nitrogens with zero attached hydrogens (tertiary/aromatic N) is 1. The molecule has 0 atom stereocenters. The molecule has 9 nitrogen and oxygen atoms in total. The van der Waals surface area contributed by atoms with Gasteiger partial charge in [0.25, 0.3) is 0 Å². The number of hydrogen-bond donors (Lipinski definition) is 2. The smallest absolute Gasteiger partial charge is 0.340 e. The third kappa shape index (κ3) is 5.35. The summed E-state index contributed by atoms with van der Waals surface area (Å²) in [5, 5.41) is 7.80. The minimum atomic E-state index is -3.79. The Labute approximate surface area is 174 Å². The van der Waals surface area contributed by atoms with Gasteiger partial charge < -0.3 is 19.7 Å². The normalized spacial score (nSPS) is 14.3. The summed E-state index contributed by atoms with van der Waals surface area (Å²) in [6, 6.07) is 10.9. The predicted octanol–water partition coefficient (Wildman–Crippen LogP) is 1.14. The number of nitrogens with one attached hydrogen (secondary N) is 1. The number of amides is 1. The number of nitrogens with two attached hydrogens (primary N) is 1. The average molecular weight is 433 g/mol. The minimum absolute atomic E-state index is 0.00325. The third-order valence-corrected chi connectivity index (χ3v) is 5.60. The van der Waals surface area contributed by atoms with E-state index in [1.807, 2.05) is 6.07 Å². The second-order valence-electron chi connectivity index (χ2n) is 6.73. The summed E-state index contributed by atoms with van der Waals surface area (Å²) in [4.78, 5) is 26.8. The molecule has 3 N–H and O–H groups in total. The lowest BCUT2D eigenvalue weighted by atomic mass is 10.1. The van der Waals surface area contributed by atoms with Gasteiger partial charge in [0.05, 0.1) is 42.9 Å². The number of carbonyl (C=O) groups is 2. The van der Waals surface area contributed by atoms with E-state index in [1.165, 1.54) is 31.4 Å². The molecule has 1 aliphatic rings. The van der Waals surface area contributed by atoms with Gasteiger partial charge in [-0.1, -0.05) is 12.1 Å². The van der Waals surface area contributed by atoms with Crippen LogP contribution in [0.2, 0.25) is 0 Å². The van der Waals surface area contributed by atoms with Crippen LogP contribution >= 0.6 is 0 Å². The fraction of sp³-hybridized carbons (Fsp3) is 0.300. The average Bonchev–Trinajstić information content (AvgIpc) is 2.73. The van der Waals surface area contributed by atoms with Crippen molar-refractivity contribution in [1.29, 1.82) is 0 Å². The van der Waals surface area contributed by atoms with Crippen molar-refractivity contribution in [1.82, 2.24) is 0 Å². The number of anilines is 2. The maximum Gasteiger partial charge on any atom is 0.340 e. The molecule has 2 aromatic carbocycles. The van der Waals surface area contributed by atoms with Crippen molar-refractivity contribution in [3.63, 3.8) is 0 Å². The zero-order valence-corrected chi connectivity index (χ0v) is 17.3. The van der Waals surface area contributed by atoms with Gasteiger partial charge in [0.2, 0.25) is 15.9 Å². The lowest BCUT2D eigenvalue weighted by molar-refractivity contribution is -0.115. The summed E-state index contributed by atoms with van der Waals surface area (Å²) in [6.45, 7) is 2.63. The quantitative estimate of drug-likeness (QED) is 0.654. The first-order valence-corrected chi connectivity index (χ1v) is 10.8. The molecule has 3 rings (SSSR count). The first-order chi connectivity index (χ1) is 14.3. The van der Waals surface area contributed by atoms with Crippen molar-refractivity contribution in [3.05, 3.63) is 53.6 Å². The molecule has 1 aliphatic heterocycles. The van der Waals surface area contributed by atoms with Crippen LogP contribution < -0.4 is 15.4 Å². The lowest BCUT2D eigenvalue weighted by Gasteiger charge is -2.29. The number of sulfonamides is 1. The Bertz CT molecular complexity index is 1030. The molecule has 160 valence electrons. The fourth-order valence-corrected chi connectivity index (χ4v) is 3.63. The molecule has 0 aromatic heterocycles. The van der Waals surface area contributed by atoms with Crippen LogP contribution in [0.3, 0.4) is 0 Å². The SMILES string of the molecule is COC(=O)c1cc(N2CCOCC2)ccc1NC(=O)Cc1ccc(S(N)(=O)=O)cc1. The number of methoxy groups -OCH3 is 1. The first kappa shape index (κ1) is 21.8. The number of ether oxygens (including phenoxy) is 2. The number of primary sulfonamides is 1. The molecule has 0 aliphatic carbocycles. The van der Waals surface area contributed by atoms with Crippen molar-refractivity contribution >= 4 is 33.3 Å². The van der Waals surface area contributed by atoms with E-state index in [9.17, 15) is 18.0 Å². The number of esters is 1. The summed E-state index contributed by atoms with van der Waals surface area (Å²) >= 11 is 0. The largest absolute Gasteiger partial charge is 0.465 e. The van der Waals surface area contributed by atoms with Crippen LogP contribution in [0.15, 0.2) is 47.4 Å². The molecule has 10 heteroatoms. The Balaban J connectivity index is 1.75. The van der Waals surface area contributed by atoms with E-state index in [1.54, 1.807) is 12.1 Å². The van der Waals surface area contributed by atoms with E-state index in [0.717, 1.165) is 5.69 Å². The highest BCUT2D eigenvalue weighted by Crippen LogP contribution is 2.25. The number of carbonyl (C=O) groups excluding carboxylic acids is 2. The van der Waals surface area contributed by atoms with E-state index >= 15 is 0 Å². The Morgan fingerprint density at radius 1 is 1.13 bits per heavy atom. The van der Waals surface area contributed by atoms with Crippen molar-refractivity contribution in [3.8, 4) is 0 Å². The molecule has 1 saturated heterocycles. The van der Waals surface area contributed by atoms with Crippen molar-refractivity contribution < 1.29 is 27.5 Å². The monoisotopic (exact) mass is 433 g/mol. The Morgan fingerprint density at radius 2 is 1.80 bits per heavy atom. The second-order valence-corrected chi connectivity index (χ2v) is 8.30. The van der Waals surface area contributed by atoms with Crippen molar-refractivity contribution in [2.75, 3.05) is 43.6 Å². The van der Waals surface area contributed by atoms with Crippen LogP contribution in [-0.2, 0) is 30.7 Å². The summed E-state index contributed by atoms with van der Waals surface area (Å²) in [5.41, 5.74) is 2.03. The van der Waals surface area contributed by atoms with E-state index < -0.39 is 16.0 Å². The van der Waals surface area contributed by atoms with Gasteiger partial charge in [-0.25, -0.2) is 18.4 Å². The van der Waals surface area contributed by atoms with Gasteiger partial charge in [-0.15, -0.1) is 0 Å². The maximum absolute atomic E-state index is 12.5. The molecule has 0 radical (unpaired) electrons. The summed E-state index contributed by atoms with van der Waals surface area (Å²) in [7, 11) is -2.51. The van der Waals surface area contributed by atoms with E-state index in [-0.39, 0.29) is 22.8 Å². The van der Waals surface area contributed by atoms with E-state index in [2.05, 4.69) is 10.2 Å². The molecular weight excluding hydrogens is 410 g/mol. The molecule has 0 spiro atoms.